The standard InChI is InChI=1S/C19H27NO3S/c1-15-19(16-5-3-2-4-6-16)20(10-14-24-15)18(21)9-13-23-17-7-11-22-12-8-17/h2-6,15,17,19H,7-14H2,1H3/t15-,19+/m0/s1. The van der Waals surface area contributed by atoms with E-state index >= 15 is 0 Å². The maximum atomic E-state index is 12.8. The van der Waals surface area contributed by atoms with Crippen molar-refractivity contribution >= 4 is 17.7 Å². The van der Waals surface area contributed by atoms with Crippen molar-refractivity contribution in [2.45, 2.75) is 43.6 Å². The van der Waals surface area contributed by atoms with E-state index in [1.807, 2.05) is 17.8 Å². The Morgan fingerprint density at radius 3 is 2.79 bits per heavy atom. The molecule has 0 spiro atoms. The van der Waals surface area contributed by atoms with Gasteiger partial charge in [-0.15, -0.1) is 0 Å². The number of ether oxygens (including phenoxy) is 2. The molecule has 5 heteroatoms. The summed E-state index contributed by atoms with van der Waals surface area (Å²) in [6.45, 7) is 5.11. The summed E-state index contributed by atoms with van der Waals surface area (Å²) in [6.07, 6.45) is 2.61. The number of carbonyl (C=O) groups is 1. The fourth-order valence-corrected chi connectivity index (χ4v) is 4.66. The summed E-state index contributed by atoms with van der Waals surface area (Å²) in [4.78, 5) is 14.8. The van der Waals surface area contributed by atoms with Gasteiger partial charge in [0.15, 0.2) is 0 Å². The van der Waals surface area contributed by atoms with E-state index in [0.717, 1.165) is 38.4 Å². The highest BCUT2D eigenvalue weighted by Gasteiger charge is 2.33. The van der Waals surface area contributed by atoms with Crippen LogP contribution in [0.25, 0.3) is 0 Å². The van der Waals surface area contributed by atoms with E-state index < -0.39 is 0 Å². The molecule has 24 heavy (non-hydrogen) atoms. The molecule has 3 rings (SSSR count). The molecule has 0 aliphatic carbocycles. The van der Waals surface area contributed by atoms with E-state index in [4.69, 9.17) is 9.47 Å². The van der Waals surface area contributed by atoms with Gasteiger partial charge in [-0.05, 0) is 18.4 Å². The molecule has 0 N–H and O–H groups in total. The first-order chi connectivity index (χ1) is 11.8. The summed E-state index contributed by atoms with van der Waals surface area (Å²) >= 11 is 1.95. The van der Waals surface area contributed by atoms with Gasteiger partial charge < -0.3 is 14.4 Å². The van der Waals surface area contributed by atoms with Crippen LogP contribution >= 0.6 is 11.8 Å². The van der Waals surface area contributed by atoms with Crippen molar-refractivity contribution in [3.05, 3.63) is 35.9 Å². The average Bonchev–Trinajstić information content (AvgIpc) is 2.63. The van der Waals surface area contributed by atoms with Crippen molar-refractivity contribution in [1.82, 2.24) is 4.90 Å². The first kappa shape index (κ1) is 17.8. The largest absolute Gasteiger partial charge is 0.381 e. The van der Waals surface area contributed by atoms with Gasteiger partial charge in [0.2, 0.25) is 5.91 Å². The van der Waals surface area contributed by atoms with Gasteiger partial charge in [-0.3, -0.25) is 4.79 Å². The topological polar surface area (TPSA) is 38.8 Å². The second kappa shape index (κ2) is 8.88. The fourth-order valence-electron chi connectivity index (χ4n) is 3.50. The number of rotatable bonds is 5. The summed E-state index contributed by atoms with van der Waals surface area (Å²) in [5.74, 6) is 1.22. The van der Waals surface area contributed by atoms with Crippen molar-refractivity contribution in [2.75, 3.05) is 32.1 Å². The molecule has 2 heterocycles. The molecule has 2 aliphatic rings. The van der Waals surface area contributed by atoms with Crippen LogP contribution in [0.1, 0.15) is 37.8 Å². The highest BCUT2D eigenvalue weighted by Crippen LogP contribution is 2.36. The molecule has 132 valence electrons. The maximum absolute atomic E-state index is 12.8. The Bertz CT molecular complexity index is 519. The molecule has 0 unspecified atom stereocenters. The van der Waals surface area contributed by atoms with E-state index in [1.165, 1.54) is 5.56 Å². The average molecular weight is 349 g/mol. The van der Waals surface area contributed by atoms with Crippen LogP contribution in [-0.4, -0.2) is 54.3 Å². The quantitative estimate of drug-likeness (QED) is 0.818. The van der Waals surface area contributed by atoms with Gasteiger partial charge >= 0.3 is 0 Å². The van der Waals surface area contributed by atoms with Gasteiger partial charge in [-0.1, -0.05) is 37.3 Å². The molecule has 1 amide bonds. The Balaban J connectivity index is 1.57. The normalized spacial score (nSPS) is 25.6. The molecule has 2 atom stereocenters. The van der Waals surface area contributed by atoms with Crippen molar-refractivity contribution < 1.29 is 14.3 Å². The zero-order valence-electron chi connectivity index (χ0n) is 14.4. The maximum Gasteiger partial charge on any atom is 0.225 e. The van der Waals surface area contributed by atoms with Crippen molar-refractivity contribution in [3.63, 3.8) is 0 Å². The molecular weight excluding hydrogens is 322 g/mol. The molecular formula is C19H27NO3S. The van der Waals surface area contributed by atoms with Crippen LogP contribution < -0.4 is 0 Å². The first-order valence-electron chi connectivity index (χ1n) is 8.91. The van der Waals surface area contributed by atoms with Crippen LogP contribution in [0, 0.1) is 0 Å². The molecule has 0 bridgehead atoms. The number of thioether (sulfide) groups is 1. The lowest BCUT2D eigenvalue weighted by molar-refractivity contribution is -0.135. The third-order valence-corrected chi connectivity index (χ3v) is 5.99. The molecule has 2 saturated heterocycles. The SMILES string of the molecule is C[C@@H]1SCCN(C(=O)CCOC2CCOCC2)[C@H]1c1ccccc1. The van der Waals surface area contributed by atoms with Crippen LogP contribution in [-0.2, 0) is 14.3 Å². The van der Waals surface area contributed by atoms with Gasteiger partial charge in [0.05, 0.1) is 25.2 Å². The minimum atomic E-state index is 0.167. The minimum Gasteiger partial charge on any atom is -0.381 e. The van der Waals surface area contributed by atoms with Crippen LogP contribution in [0.5, 0.6) is 0 Å². The van der Waals surface area contributed by atoms with E-state index in [-0.39, 0.29) is 18.1 Å². The predicted molar refractivity (Wildman–Crippen MR) is 97.2 cm³/mol. The Labute approximate surface area is 148 Å². The Morgan fingerprint density at radius 2 is 2.04 bits per heavy atom. The Morgan fingerprint density at radius 1 is 1.29 bits per heavy atom. The van der Waals surface area contributed by atoms with E-state index in [1.54, 1.807) is 0 Å². The molecule has 1 aromatic rings. The lowest BCUT2D eigenvalue weighted by atomic mass is 10.0. The first-order valence-corrected chi connectivity index (χ1v) is 9.96. The number of hydrogen-bond acceptors (Lipinski definition) is 4. The van der Waals surface area contributed by atoms with Crippen LogP contribution in [0.3, 0.4) is 0 Å². The Kier molecular flexibility index (Phi) is 6.58. The molecule has 2 fully saturated rings. The van der Waals surface area contributed by atoms with E-state index in [0.29, 0.717) is 18.3 Å². The number of hydrogen-bond donors (Lipinski definition) is 0. The summed E-state index contributed by atoms with van der Waals surface area (Å²) < 4.78 is 11.2. The number of benzene rings is 1. The fraction of sp³-hybridized carbons (Fsp3) is 0.632. The van der Waals surface area contributed by atoms with E-state index in [2.05, 4.69) is 36.1 Å². The van der Waals surface area contributed by atoms with Gasteiger partial charge in [0, 0.05) is 30.8 Å². The monoisotopic (exact) mass is 349 g/mol. The number of carbonyl (C=O) groups excluding carboxylic acids is 1. The second-order valence-electron chi connectivity index (χ2n) is 6.45. The van der Waals surface area contributed by atoms with Crippen LogP contribution in [0.15, 0.2) is 30.3 Å². The molecule has 0 saturated carbocycles. The third-order valence-electron chi connectivity index (χ3n) is 4.79. The van der Waals surface area contributed by atoms with Crippen LogP contribution in [0.2, 0.25) is 0 Å². The summed E-state index contributed by atoms with van der Waals surface area (Å²) in [5.41, 5.74) is 1.23. The highest BCUT2D eigenvalue weighted by atomic mass is 32.2. The molecule has 0 radical (unpaired) electrons. The van der Waals surface area contributed by atoms with Crippen molar-refractivity contribution in [1.29, 1.82) is 0 Å². The predicted octanol–water partition coefficient (Wildman–Crippen LogP) is 3.28. The molecule has 1 aromatic carbocycles. The lowest BCUT2D eigenvalue weighted by Gasteiger charge is -2.40. The highest BCUT2D eigenvalue weighted by molar-refractivity contribution is 8.00. The van der Waals surface area contributed by atoms with Gasteiger partial charge in [0.1, 0.15) is 0 Å². The summed E-state index contributed by atoms with van der Waals surface area (Å²) in [6, 6.07) is 10.6. The zero-order valence-corrected chi connectivity index (χ0v) is 15.2. The molecule has 0 aromatic heterocycles. The smallest absolute Gasteiger partial charge is 0.225 e. The number of amides is 1. The van der Waals surface area contributed by atoms with Gasteiger partial charge in [-0.2, -0.15) is 11.8 Å². The third kappa shape index (κ3) is 4.52. The molecule has 4 nitrogen and oxygen atoms in total. The zero-order chi connectivity index (χ0) is 16.8. The summed E-state index contributed by atoms with van der Waals surface area (Å²) in [7, 11) is 0. The van der Waals surface area contributed by atoms with Gasteiger partial charge in [0.25, 0.3) is 0 Å². The summed E-state index contributed by atoms with van der Waals surface area (Å²) in [5, 5.41) is 0.418. The number of nitrogens with zero attached hydrogens (tertiary/aromatic N) is 1. The second-order valence-corrected chi connectivity index (χ2v) is 7.94. The molecule has 2 aliphatic heterocycles. The van der Waals surface area contributed by atoms with Crippen molar-refractivity contribution in [3.8, 4) is 0 Å². The van der Waals surface area contributed by atoms with Crippen LogP contribution in [0.4, 0.5) is 0 Å². The Hall–Kier alpha value is -1.04. The van der Waals surface area contributed by atoms with Crippen molar-refractivity contribution in [2.24, 2.45) is 0 Å². The van der Waals surface area contributed by atoms with Gasteiger partial charge in [-0.25, -0.2) is 0 Å². The minimum absolute atomic E-state index is 0.167. The lowest BCUT2D eigenvalue weighted by Crippen LogP contribution is -2.44. The van der Waals surface area contributed by atoms with E-state index in [9.17, 15) is 4.79 Å².